The van der Waals surface area contributed by atoms with E-state index in [9.17, 15) is 14.0 Å². The van der Waals surface area contributed by atoms with E-state index in [1.165, 1.54) is 6.07 Å². The molecular weight excluding hydrogens is 309 g/mol. The number of H-pyrrole nitrogens is 1. The molecule has 24 heavy (non-hydrogen) atoms. The molecule has 1 atom stereocenters. The first-order valence-corrected chi connectivity index (χ1v) is 8.45. The largest absolute Gasteiger partial charge is 0.361 e. The lowest BCUT2D eigenvalue weighted by molar-refractivity contribution is -0.176. The molecule has 3 saturated heterocycles. The standard InChI is InChI=1S/C18H18FN3O2/c19-12-2-1-3-13-15(12)11(9-20-13)6-14-16(23)22-5-4-10-7-18(22,8-10)17(24)21-14/h1-3,9-10,14,20H,4-8H2,(H,21,24). The highest BCUT2D eigenvalue weighted by Gasteiger charge is 2.61. The maximum atomic E-state index is 14.1. The van der Waals surface area contributed by atoms with Crippen LogP contribution in [0.3, 0.4) is 0 Å². The molecule has 2 bridgehead atoms. The molecule has 1 aliphatic carbocycles. The summed E-state index contributed by atoms with van der Waals surface area (Å²) < 4.78 is 14.1. The number of halogens is 1. The Morgan fingerprint density at radius 1 is 1.29 bits per heavy atom. The second-order valence-corrected chi connectivity index (χ2v) is 7.29. The fourth-order valence-corrected chi connectivity index (χ4v) is 4.74. The molecule has 1 aromatic carbocycles. The van der Waals surface area contributed by atoms with Crippen molar-refractivity contribution in [3.8, 4) is 0 Å². The molecule has 3 aliphatic heterocycles. The first-order valence-electron chi connectivity index (χ1n) is 8.45. The van der Waals surface area contributed by atoms with E-state index in [1.807, 2.05) is 0 Å². The molecule has 2 amide bonds. The van der Waals surface area contributed by atoms with Crippen LogP contribution in [0.4, 0.5) is 4.39 Å². The molecule has 124 valence electrons. The van der Waals surface area contributed by atoms with Crippen LogP contribution in [0.15, 0.2) is 24.4 Å². The number of fused-ring (bicyclic) bond motifs is 2. The second kappa shape index (κ2) is 4.59. The van der Waals surface area contributed by atoms with Gasteiger partial charge in [-0.1, -0.05) is 6.07 Å². The highest BCUT2D eigenvalue weighted by Crippen LogP contribution is 2.50. The van der Waals surface area contributed by atoms with Gasteiger partial charge in [-0.05, 0) is 42.9 Å². The molecule has 1 saturated carbocycles. The third-order valence-corrected chi connectivity index (χ3v) is 5.98. The van der Waals surface area contributed by atoms with Crippen LogP contribution >= 0.6 is 0 Å². The molecule has 6 rings (SSSR count). The van der Waals surface area contributed by atoms with Gasteiger partial charge in [-0.25, -0.2) is 4.39 Å². The van der Waals surface area contributed by atoms with Crippen molar-refractivity contribution in [2.24, 2.45) is 5.92 Å². The molecule has 0 radical (unpaired) electrons. The number of rotatable bonds is 2. The molecule has 4 heterocycles. The zero-order valence-electron chi connectivity index (χ0n) is 13.1. The minimum atomic E-state index is -0.612. The van der Waals surface area contributed by atoms with Crippen molar-refractivity contribution < 1.29 is 14.0 Å². The van der Waals surface area contributed by atoms with Crippen molar-refractivity contribution in [3.05, 3.63) is 35.8 Å². The summed E-state index contributed by atoms with van der Waals surface area (Å²) in [6, 6.07) is 4.25. The number of aromatic amines is 1. The number of hydrogen-bond donors (Lipinski definition) is 2. The van der Waals surface area contributed by atoms with Gasteiger partial charge in [0.2, 0.25) is 11.8 Å². The number of piperazine rings is 1. The Morgan fingerprint density at radius 2 is 2.12 bits per heavy atom. The number of amides is 2. The molecule has 2 N–H and O–H groups in total. The number of piperidine rings is 2. The highest BCUT2D eigenvalue weighted by atomic mass is 19.1. The average molecular weight is 327 g/mol. The summed E-state index contributed by atoms with van der Waals surface area (Å²) in [6.07, 6.45) is 4.60. The van der Waals surface area contributed by atoms with Crippen molar-refractivity contribution in [3.63, 3.8) is 0 Å². The van der Waals surface area contributed by atoms with Crippen LogP contribution in [0.1, 0.15) is 24.8 Å². The van der Waals surface area contributed by atoms with Crippen LogP contribution in [0.5, 0.6) is 0 Å². The first-order chi connectivity index (χ1) is 11.6. The molecular formula is C18H18FN3O2. The van der Waals surface area contributed by atoms with Crippen molar-refractivity contribution in [2.45, 2.75) is 37.3 Å². The number of nitrogens with one attached hydrogen (secondary N) is 2. The Hall–Kier alpha value is -2.37. The molecule has 5 nitrogen and oxygen atoms in total. The SMILES string of the molecule is O=C1C(Cc2c[nH]c3cccc(F)c23)NC(=O)C23CC(CCN12)C3. The van der Waals surface area contributed by atoms with E-state index in [1.54, 1.807) is 23.2 Å². The summed E-state index contributed by atoms with van der Waals surface area (Å²) in [5.74, 6) is 0.204. The van der Waals surface area contributed by atoms with E-state index in [-0.39, 0.29) is 17.6 Å². The van der Waals surface area contributed by atoms with Crippen LogP contribution in [0.25, 0.3) is 10.9 Å². The van der Waals surface area contributed by atoms with E-state index in [0.29, 0.717) is 29.8 Å². The van der Waals surface area contributed by atoms with Crippen LogP contribution in [0, 0.1) is 11.7 Å². The van der Waals surface area contributed by atoms with E-state index in [2.05, 4.69) is 10.3 Å². The Bertz CT molecular complexity index is 868. The molecule has 4 fully saturated rings. The van der Waals surface area contributed by atoms with E-state index in [0.717, 1.165) is 24.8 Å². The molecule has 1 spiro atoms. The van der Waals surface area contributed by atoms with Gasteiger partial charge >= 0.3 is 0 Å². The Balaban J connectivity index is 1.47. The average Bonchev–Trinajstić information content (AvgIpc) is 2.96. The minimum absolute atomic E-state index is 0.0292. The monoisotopic (exact) mass is 327 g/mol. The third-order valence-electron chi connectivity index (χ3n) is 5.98. The Kier molecular flexibility index (Phi) is 2.68. The minimum Gasteiger partial charge on any atom is -0.361 e. The van der Waals surface area contributed by atoms with Gasteiger partial charge in [0.15, 0.2) is 0 Å². The number of carbonyl (C=O) groups is 2. The number of carbonyl (C=O) groups excluding carboxylic acids is 2. The Labute approximate surface area is 138 Å². The fraction of sp³-hybridized carbons (Fsp3) is 0.444. The van der Waals surface area contributed by atoms with Gasteiger partial charge in [-0.2, -0.15) is 0 Å². The lowest BCUT2D eigenvalue weighted by Gasteiger charge is -2.60. The predicted octanol–water partition coefficient (Wildman–Crippen LogP) is 1.73. The maximum absolute atomic E-state index is 14.1. The summed E-state index contributed by atoms with van der Waals surface area (Å²) in [4.78, 5) is 30.3. The van der Waals surface area contributed by atoms with Gasteiger partial charge in [0.05, 0.1) is 0 Å². The highest BCUT2D eigenvalue weighted by molar-refractivity contribution is 6.01. The summed E-state index contributed by atoms with van der Waals surface area (Å²) in [7, 11) is 0. The molecule has 4 aliphatic rings. The smallest absolute Gasteiger partial charge is 0.246 e. The lowest BCUT2D eigenvalue weighted by atomic mass is 9.61. The summed E-state index contributed by atoms with van der Waals surface area (Å²) in [5.41, 5.74) is 0.833. The molecule has 6 heteroatoms. The van der Waals surface area contributed by atoms with Gasteiger partial charge in [0.25, 0.3) is 0 Å². The topological polar surface area (TPSA) is 65.2 Å². The van der Waals surface area contributed by atoms with Crippen LogP contribution in [0.2, 0.25) is 0 Å². The van der Waals surface area contributed by atoms with Gasteiger partial charge in [0.1, 0.15) is 17.4 Å². The Morgan fingerprint density at radius 3 is 2.96 bits per heavy atom. The second-order valence-electron chi connectivity index (χ2n) is 7.29. The zero-order valence-corrected chi connectivity index (χ0v) is 13.1. The van der Waals surface area contributed by atoms with Crippen molar-refractivity contribution >= 4 is 22.7 Å². The zero-order chi connectivity index (χ0) is 16.5. The van der Waals surface area contributed by atoms with Gasteiger partial charge in [-0.15, -0.1) is 0 Å². The van der Waals surface area contributed by atoms with E-state index >= 15 is 0 Å². The first kappa shape index (κ1) is 14.0. The summed E-state index contributed by atoms with van der Waals surface area (Å²) in [5, 5.41) is 3.40. The van der Waals surface area contributed by atoms with Crippen LogP contribution in [-0.4, -0.2) is 39.8 Å². The van der Waals surface area contributed by atoms with Gasteiger partial charge in [-0.3, -0.25) is 9.59 Å². The third kappa shape index (κ3) is 1.68. The van der Waals surface area contributed by atoms with Crippen molar-refractivity contribution in [1.29, 1.82) is 0 Å². The van der Waals surface area contributed by atoms with Crippen molar-refractivity contribution in [1.82, 2.24) is 15.2 Å². The number of hydrogen-bond acceptors (Lipinski definition) is 2. The number of aromatic nitrogens is 1. The molecule has 2 aromatic rings. The van der Waals surface area contributed by atoms with Gasteiger partial charge in [0, 0.05) is 30.1 Å². The molecule has 1 aromatic heterocycles. The number of benzene rings is 1. The van der Waals surface area contributed by atoms with Crippen LogP contribution in [-0.2, 0) is 16.0 Å². The lowest BCUT2D eigenvalue weighted by Crippen LogP contribution is -2.77. The summed E-state index contributed by atoms with van der Waals surface area (Å²) >= 11 is 0. The number of nitrogens with zero attached hydrogens (tertiary/aromatic N) is 1. The fourth-order valence-electron chi connectivity index (χ4n) is 4.74. The van der Waals surface area contributed by atoms with E-state index < -0.39 is 11.6 Å². The van der Waals surface area contributed by atoms with Gasteiger partial charge < -0.3 is 15.2 Å². The normalized spacial score (nSPS) is 31.6. The molecule has 1 unspecified atom stereocenters. The van der Waals surface area contributed by atoms with E-state index in [4.69, 9.17) is 0 Å². The predicted molar refractivity (Wildman–Crippen MR) is 85.7 cm³/mol. The maximum Gasteiger partial charge on any atom is 0.246 e. The summed E-state index contributed by atoms with van der Waals surface area (Å²) in [6.45, 7) is 0.662. The van der Waals surface area contributed by atoms with Crippen LogP contribution < -0.4 is 5.32 Å². The quantitative estimate of drug-likeness (QED) is 0.882. The van der Waals surface area contributed by atoms with Crippen molar-refractivity contribution in [2.75, 3.05) is 6.54 Å².